The lowest BCUT2D eigenvalue weighted by Crippen LogP contribution is -2.46. The van der Waals surface area contributed by atoms with E-state index < -0.39 is 29.9 Å². The first kappa shape index (κ1) is 20.3. The minimum atomic E-state index is -1.18. The number of amides is 4. The lowest BCUT2D eigenvalue weighted by Gasteiger charge is -2.22. The Balaban J connectivity index is 1.63. The first-order chi connectivity index (χ1) is 13.8. The standard InChI is InChI=1S/C21H22FN3O4/c1-21(11-15-5-3-4-6-17(15)29-2)19(27)25(20(28)24-21)13-18(26)23-12-14-7-9-16(22)10-8-14/h3-10H,11-13H2,1-2H3,(H,23,26)(H,24,28)/t21-/m0/s1. The molecule has 0 unspecified atom stereocenters. The Morgan fingerprint density at radius 2 is 1.86 bits per heavy atom. The summed E-state index contributed by atoms with van der Waals surface area (Å²) in [5.41, 5.74) is 0.301. The molecule has 2 aromatic rings. The summed E-state index contributed by atoms with van der Waals surface area (Å²) in [4.78, 5) is 38.3. The van der Waals surface area contributed by atoms with Crippen molar-refractivity contribution in [3.05, 3.63) is 65.5 Å². The molecule has 8 heteroatoms. The van der Waals surface area contributed by atoms with Gasteiger partial charge in [0, 0.05) is 13.0 Å². The van der Waals surface area contributed by atoms with Crippen LogP contribution in [0.3, 0.4) is 0 Å². The molecular formula is C21H22FN3O4. The van der Waals surface area contributed by atoms with Crippen LogP contribution in [0.15, 0.2) is 48.5 Å². The average molecular weight is 399 g/mol. The van der Waals surface area contributed by atoms with E-state index in [0.717, 1.165) is 10.5 Å². The number of urea groups is 1. The van der Waals surface area contributed by atoms with E-state index in [-0.39, 0.29) is 18.8 Å². The highest BCUT2D eigenvalue weighted by Gasteiger charge is 2.48. The first-order valence-electron chi connectivity index (χ1n) is 9.09. The van der Waals surface area contributed by atoms with E-state index in [0.29, 0.717) is 11.3 Å². The third kappa shape index (κ3) is 4.53. The van der Waals surface area contributed by atoms with Gasteiger partial charge < -0.3 is 15.4 Å². The van der Waals surface area contributed by atoms with Crippen LogP contribution in [0.2, 0.25) is 0 Å². The maximum atomic E-state index is 12.9. The fourth-order valence-corrected chi connectivity index (χ4v) is 3.24. The molecule has 0 aliphatic carbocycles. The molecule has 3 rings (SSSR count). The summed E-state index contributed by atoms with van der Waals surface area (Å²) < 4.78 is 18.2. The lowest BCUT2D eigenvalue weighted by atomic mass is 9.92. The van der Waals surface area contributed by atoms with Crippen molar-refractivity contribution < 1.29 is 23.5 Å². The minimum absolute atomic E-state index is 0.168. The number of carbonyl (C=O) groups is 3. The predicted octanol–water partition coefficient (Wildman–Crippen LogP) is 2.00. The van der Waals surface area contributed by atoms with Crippen LogP contribution in [0.1, 0.15) is 18.1 Å². The number of rotatable bonds is 7. The summed E-state index contributed by atoms with van der Waals surface area (Å²) in [7, 11) is 1.54. The maximum Gasteiger partial charge on any atom is 0.325 e. The Hall–Kier alpha value is -3.42. The van der Waals surface area contributed by atoms with Crippen molar-refractivity contribution in [3.63, 3.8) is 0 Å². The predicted molar refractivity (Wildman–Crippen MR) is 104 cm³/mol. The monoisotopic (exact) mass is 399 g/mol. The molecule has 2 aromatic carbocycles. The minimum Gasteiger partial charge on any atom is -0.496 e. The van der Waals surface area contributed by atoms with Crippen molar-refractivity contribution in [2.24, 2.45) is 0 Å². The van der Waals surface area contributed by atoms with E-state index >= 15 is 0 Å². The van der Waals surface area contributed by atoms with Gasteiger partial charge in [0.05, 0.1) is 7.11 Å². The molecule has 29 heavy (non-hydrogen) atoms. The van der Waals surface area contributed by atoms with Crippen LogP contribution in [0, 0.1) is 5.82 Å². The summed E-state index contributed by atoms with van der Waals surface area (Å²) in [6.45, 7) is 1.39. The van der Waals surface area contributed by atoms with Crippen molar-refractivity contribution in [1.29, 1.82) is 0 Å². The highest BCUT2D eigenvalue weighted by molar-refractivity contribution is 6.09. The number of imide groups is 1. The fourth-order valence-electron chi connectivity index (χ4n) is 3.24. The van der Waals surface area contributed by atoms with Crippen LogP contribution in [-0.4, -0.2) is 41.9 Å². The molecule has 7 nitrogen and oxygen atoms in total. The van der Waals surface area contributed by atoms with Gasteiger partial charge in [0.25, 0.3) is 5.91 Å². The molecule has 1 aliphatic heterocycles. The van der Waals surface area contributed by atoms with Crippen molar-refractivity contribution in [2.75, 3.05) is 13.7 Å². The number of ether oxygens (including phenoxy) is 1. The van der Waals surface area contributed by atoms with Crippen LogP contribution in [-0.2, 0) is 22.6 Å². The van der Waals surface area contributed by atoms with E-state index in [4.69, 9.17) is 4.74 Å². The Morgan fingerprint density at radius 3 is 2.55 bits per heavy atom. The van der Waals surface area contributed by atoms with Gasteiger partial charge in [-0.2, -0.15) is 0 Å². The number of carbonyl (C=O) groups excluding carboxylic acids is 3. The molecule has 0 bridgehead atoms. The van der Waals surface area contributed by atoms with E-state index in [9.17, 15) is 18.8 Å². The molecule has 1 atom stereocenters. The van der Waals surface area contributed by atoms with E-state index in [1.807, 2.05) is 18.2 Å². The van der Waals surface area contributed by atoms with Gasteiger partial charge in [-0.1, -0.05) is 30.3 Å². The van der Waals surface area contributed by atoms with Crippen molar-refractivity contribution in [1.82, 2.24) is 15.5 Å². The van der Waals surface area contributed by atoms with Crippen LogP contribution >= 0.6 is 0 Å². The molecule has 1 heterocycles. The number of benzene rings is 2. The fraction of sp³-hybridized carbons (Fsp3) is 0.286. The molecule has 0 radical (unpaired) electrons. The summed E-state index contributed by atoms with van der Waals surface area (Å²) in [6, 6.07) is 12.3. The highest BCUT2D eigenvalue weighted by Crippen LogP contribution is 2.27. The van der Waals surface area contributed by atoms with Gasteiger partial charge in [-0.25, -0.2) is 9.18 Å². The number of hydrogen-bond acceptors (Lipinski definition) is 4. The highest BCUT2D eigenvalue weighted by atomic mass is 19.1. The van der Waals surface area contributed by atoms with Gasteiger partial charge in [-0.15, -0.1) is 0 Å². The van der Waals surface area contributed by atoms with E-state index in [1.165, 1.54) is 19.2 Å². The number of nitrogens with zero attached hydrogens (tertiary/aromatic N) is 1. The van der Waals surface area contributed by atoms with Crippen LogP contribution < -0.4 is 15.4 Å². The van der Waals surface area contributed by atoms with Crippen LogP contribution in [0.4, 0.5) is 9.18 Å². The Morgan fingerprint density at radius 1 is 1.17 bits per heavy atom. The van der Waals surface area contributed by atoms with Crippen molar-refractivity contribution in [3.8, 4) is 5.75 Å². The molecule has 0 aromatic heterocycles. The third-order valence-corrected chi connectivity index (χ3v) is 4.79. The molecular weight excluding hydrogens is 377 g/mol. The van der Waals surface area contributed by atoms with Gasteiger partial charge >= 0.3 is 6.03 Å². The molecule has 4 amide bonds. The zero-order valence-electron chi connectivity index (χ0n) is 16.2. The molecule has 0 spiro atoms. The average Bonchev–Trinajstić information content (AvgIpc) is 2.91. The second kappa shape index (κ2) is 8.30. The quantitative estimate of drug-likeness (QED) is 0.697. The van der Waals surface area contributed by atoms with E-state index in [1.54, 1.807) is 25.1 Å². The van der Waals surface area contributed by atoms with Gasteiger partial charge in [0.2, 0.25) is 5.91 Å². The summed E-state index contributed by atoms with van der Waals surface area (Å²) in [5, 5.41) is 5.30. The van der Waals surface area contributed by atoms with Gasteiger partial charge in [-0.3, -0.25) is 14.5 Å². The number of nitrogens with one attached hydrogen (secondary N) is 2. The third-order valence-electron chi connectivity index (χ3n) is 4.79. The Kier molecular flexibility index (Phi) is 5.81. The van der Waals surface area contributed by atoms with Gasteiger partial charge in [-0.05, 0) is 36.2 Å². The largest absolute Gasteiger partial charge is 0.496 e. The van der Waals surface area contributed by atoms with Crippen molar-refractivity contribution >= 4 is 17.8 Å². The number of hydrogen-bond donors (Lipinski definition) is 2. The first-order valence-corrected chi connectivity index (χ1v) is 9.09. The molecule has 1 aliphatic rings. The van der Waals surface area contributed by atoms with Gasteiger partial charge in [0.1, 0.15) is 23.7 Å². The Bertz CT molecular complexity index is 932. The molecule has 0 saturated carbocycles. The summed E-state index contributed by atoms with van der Waals surface area (Å²) in [6.07, 6.45) is 0.231. The zero-order chi connectivity index (χ0) is 21.0. The lowest BCUT2D eigenvalue weighted by molar-refractivity contribution is -0.134. The topological polar surface area (TPSA) is 87.7 Å². The van der Waals surface area contributed by atoms with Gasteiger partial charge in [0.15, 0.2) is 0 Å². The molecule has 1 fully saturated rings. The second-order valence-corrected chi connectivity index (χ2v) is 7.05. The summed E-state index contributed by atoms with van der Waals surface area (Å²) in [5.74, 6) is -0.718. The van der Waals surface area contributed by atoms with Crippen LogP contribution in [0.25, 0.3) is 0 Å². The van der Waals surface area contributed by atoms with Crippen LogP contribution in [0.5, 0.6) is 5.75 Å². The summed E-state index contributed by atoms with van der Waals surface area (Å²) >= 11 is 0. The Labute approximate surface area is 167 Å². The molecule has 1 saturated heterocycles. The maximum absolute atomic E-state index is 12.9. The number of para-hydroxylation sites is 1. The smallest absolute Gasteiger partial charge is 0.325 e. The normalized spacial score (nSPS) is 18.5. The zero-order valence-corrected chi connectivity index (χ0v) is 16.2. The molecule has 152 valence electrons. The molecule has 2 N–H and O–H groups in total. The van der Waals surface area contributed by atoms with E-state index in [2.05, 4.69) is 10.6 Å². The second-order valence-electron chi connectivity index (χ2n) is 7.05. The number of halogens is 1. The SMILES string of the molecule is COc1ccccc1C[C@]1(C)NC(=O)N(CC(=O)NCc2ccc(F)cc2)C1=O. The van der Waals surface area contributed by atoms with Crippen molar-refractivity contribution in [2.45, 2.75) is 25.4 Å². The number of methoxy groups -OCH3 is 1.